The Kier molecular flexibility index (Phi) is 3.75. The van der Waals surface area contributed by atoms with Gasteiger partial charge in [0.1, 0.15) is 5.76 Å². The molecular weight excluding hydrogens is 242 g/mol. The van der Waals surface area contributed by atoms with E-state index in [9.17, 15) is 4.79 Å². The molecule has 1 aromatic carbocycles. The molecule has 0 fully saturated rings. The minimum Gasteiger partial charge on any atom is -0.467 e. The van der Waals surface area contributed by atoms with Crippen molar-refractivity contribution in [2.45, 2.75) is 6.54 Å². The van der Waals surface area contributed by atoms with Gasteiger partial charge in [-0.2, -0.15) is 0 Å². The van der Waals surface area contributed by atoms with Gasteiger partial charge in [0.05, 0.1) is 24.2 Å². The van der Waals surface area contributed by atoms with Gasteiger partial charge in [-0.25, -0.2) is 0 Å². The SMILES string of the molecule is CN(C)c1ccc(C(=O)NCc2ccco2)cc1N. The molecule has 100 valence electrons. The van der Waals surface area contributed by atoms with Crippen molar-refractivity contribution < 1.29 is 9.21 Å². The molecule has 5 heteroatoms. The van der Waals surface area contributed by atoms with Crippen LogP contribution in [0.5, 0.6) is 0 Å². The standard InChI is InChI=1S/C14H17N3O2/c1-17(2)13-6-5-10(8-12(13)15)14(18)16-9-11-4-3-7-19-11/h3-8H,9,15H2,1-2H3,(H,16,18). The third-order valence-corrected chi connectivity index (χ3v) is 2.77. The molecule has 0 aliphatic heterocycles. The van der Waals surface area contributed by atoms with Crippen LogP contribution in [0.25, 0.3) is 0 Å². The lowest BCUT2D eigenvalue weighted by atomic mass is 10.1. The number of furan rings is 1. The minimum absolute atomic E-state index is 0.173. The summed E-state index contributed by atoms with van der Waals surface area (Å²) in [5.41, 5.74) is 7.92. The molecule has 0 bridgehead atoms. The van der Waals surface area contributed by atoms with Crippen LogP contribution in [0.3, 0.4) is 0 Å². The molecule has 0 radical (unpaired) electrons. The number of anilines is 2. The zero-order valence-electron chi connectivity index (χ0n) is 11.0. The lowest BCUT2D eigenvalue weighted by molar-refractivity contribution is 0.0948. The van der Waals surface area contributed by atoms with Crippen molar-refractivity contribution in [2.24, 2.45) is 0 Å². The molecule has 1 aromatic heterocycles. The minimum atomic E-state index is -0.173. The number of nitrogen functional groups attached to an aromatic ring is 1. The summed E-state index contributed by atoms with van der Waals surface area (Å²) in [6.45, 7) is 0.362. The first kappa shape index (κ1) is 13.0. The number of amides is 1. The molecule has 0 aliphatic carbocycles. The van der Waals surface area contributed by atoms with Gasteiger partial charge in [0, 0.05) is 19.7 Å². The summed E-state index contributed by atoms with van der Waals surface area (Å²) in [6, 6.07) is 8.85. The third kappa shape index (κ3) is 3.07. The molecule has 0 atom stereocenters. The quantitative estimate of drug-likeness (QED) is 0.822. The Morgan fingerprint density at radius 1 is 1.37 bits per heavy atom. The van der Waals surface area contributed by atoms with Gasteiger partial charge in [0.2, 0.25) is 0 Å². The number of nitrogens with two attached hydrogens (primary N) is 1. The summed E-state index contributed by atoms with van der Waals surface area (Å²) in [4.78, 5) is 13.9. The maximum Gasteiger partial charge on any atom is 0.251 e. The van der Waals surface area contributed by atoms with Crippen molar-refractivity contribution in [1.29, 1.82) is 0 Å². The number of hydrogen-bond acceptors (Lipinski definition) is 4. The summed E-state index contributed by atoms with van der Waals surface area (Å²) in [6.07, 6.45) is 1.57. The van der Waals surface area contributed by atoms with Crippen molar-refractivity contribution >= 4 is 17.3 Å². The van der Waals surface area contributed by atoms with Crippen LogP contribution in [-0.2, 0) is 6.54 Å². The van der Waals surface area contributed by atoms with Crippen LogP contribution in [0.4, 0.5) is 11.4 Å². The van der Waals surface area contributed by atoms with Crippen molar-refractivity contribution in [3.63, 3.8) is 0 Å². The Morgan fingerprint density at radius 3 is 2.74 bits per heavy atom. The van der Waals surface area contributed by atoms with E-state index in [4.69, 9.17) is 10.2 Å². The predicted molar refractivity (Wildman–Crippen MR) is 75.1 cm³/mol. The number of nitrogens with zero attached hydrogens (tertiary/aromatic N) is 1. The molecule has 0 unspecified atom stereocenters. The second-order valence-electron chi connectivity index (χ2n) is 4.43. The molecule has 2 rings (SSSR count). The van der Waals surface area contributed by atoms with Crippen LogP contribution >= 0.6 is 0 Å². The van der Waals surface area contributed by atoms with Crippen LogP contribution in [0.1, 0.15) is 16.1 Å². The highest BCUT2D eigenvalue weighted by molar-refractivity contribution is 5.96. The van der Waals surface area contributed by atoms with Crippen LogP contribution in [0.2, 0.25) is 0 Å². The predicted octanol–water partition coefficient (Wildman–Crippen LogP) is 1.86. The fourth-order valence-corrected chi connectivity index (χ4v) is 1.79. The molecule has 19 heavy (non-hydrogen) atoms. The second-order valence-corrected chi connectivity index (χ2v) is 4.43. The molecule has 0 aliphatic rings. The normalized spacial score (nSPS) is 10.2. The molecule has 3 N–H and O–H groups in total. The molecule has 5 nitrogen and oxygen atoms in total. The number of carbonyl (C=O) groups excluding carboxylic acids is 1. The highest BCUT2D eigenvalue weighted by Gasteiger charge is 2.09. The van der Waals surface area contributed by atoms with Gasteiger partial charge in [-0.05, 0) is 30.3 Å². The van der Waals surface area contributed by atoms with E-state index in [1.54, 1.807) is 24.5 Å². The van der Waals surface area contributed by atoms with E-state index >= 15 is 0 Å². The Hall–Kier alpha value is -2.43. The monoisotopic (exact) mass is 259 g/mol. The van der Waals surface area contributed by atoms with Crippen LogP contribution < -0.4 is 16.0 Å². The molecule has 0 saturated heterocycles. The van der Waals surface area contributed by atoms with Gasteiger partial charge >= 0.3 is 0 Å². The first-order valence-electron chi connectivity index (χ1n) is 5.95. The Bertz CT molecular complexity index is 562. The summed E-state index contributed by atoms with van der Waals surface area (Å²) in [5, 5.41) is 2.78. The molecule has 2 aromatic rings. The van der Waals surface area contributed by atoms with Gasteiger partial charge < -0.3 is 20.4 Å². The number of hydrogen-bond donors (Lipinski definition) is 2. The highest BCUT2D eigenvalue weighted by atomic mass is 16.3. The number of nitrogens with one attached hydrogen (secondary N) is 1. The topological polar surface area (TPSA) is 71.5 Å². The molecular formula is C14H17N3O2. The van der Waals surface area contributed by atoms with Crippen molar-refractivity contribution in [2.75, 3.05) is 24.7 Å². The van der Waals surface area contributed by atoms with Gasteiger partial charge in [-0.3, -0.25) is 4.79 Å². The fraction of sp³-hybridized carbons (Fsp3) is 0.214. The van der Waals surface area contributed by atoms with Crippen LogP contribution in [0, 0.1) is 0 Å². The van der Waals surface area contributed by atoms with E-state index in [1.165, 1.54) is 0 Å². The van der Waals surface area contributed by atoms with E-state index in [0.29, 0.717) is 23.6 Å². The summed E-state index contributed by atoms with van der Waals surface area (Å²) >= 11 is 0. The Balaban J connectivity index is 2.05. The zero-order chi connectivity index (χ0) is 13.8. The largest absolute Gasteiger partial charge is 0.467 e. The lowest BCUT2D eigenvalue weighted by Crippen LogP contribution is -2.23. The fourth-order valence-electron chi connectivity index (χ4n) is 1.79. The first-order chi connectivity index (χ1) is 9.08. The van der Waals surface area contributed by atoms with Crippen molar-refractivity contribution in [1.82, 2.24) is 5.32 Å². The first-order valence-corrected chi connectivity index (χ1v) is 5.95. The van der Waals surface area contributed by atoms with Crippen molar-refractivity contribution in [3.8, 4) is 0 Å². The van der Waals surface area contributed by atoms with E-state index in [-0.39, 0.29) is 5.91 Å². The van der Waals surface area contributed by atoms with E-state index < -0.39 is 0 Å². The van der Waals surface area contributed by atoms with Gasteiger partial charge in [-0.15, -0.1) is 0 Å². The number of rotatable bonds is 4. The molecule has 1 heterocycles. The summed E-state index contributed by atoms with van der Waals surface area (Å²) < 4.78 is 5.15. The van der Waals surface area contributed by atoms with Gasteiger partial charge in [0.25, 0.3) is 5.91 Å². The Labute approximate surface area is 112 Å². The summed E-state index contributed by atoms with van der Waals surface area (Å²) in [7, 11) is 3.81. The lowest BCUT2D eigenvalue weighted by Gasteiger charge is -2.15. The van der Waals surface area contributed by atoms with Gasteiger partial charge in [-0.1, -0.05) is 0 Å². The van der Waals surface area contributed by atoms with E-state index in [0.717, 1.165) is 5.69 Å². The highest BCUT2D eigenvalue weighted by Crippen LogP contribution is 2.22. The number of benzene rings is 1. The molecule has 0 saturated carbocycles. The number of carbonyl (C=O) groups is 1. The van der Waals surface area contributed by atoms with Crippen LogP contribution in [0.15, 0.2) is 41.0 Å². The maximum atomic E-state index is 12.0. The van der Waals surface area contributed by atoms with Gasteiger partial charge in [0.15, 0.2) is 0 Å². The Morgan fingerprint density at radius 2 is 2.16 bits per heavy atom. The van der Waals surface area contributed by atoms with Crippen molar-refractivity contribution in [3.05, 3.63) is 47.9 Å². The van der Waals surface area contributed by atoms with E-state index in [2.05, 4.69) is 5.32 Å². The second kappa shape index (κ2) is 5.48. The molecule has 0 spiro atoms. The smallest absolute Gasteiger partial charge is 0.251 e. The summed E-state index contributed by atoms with van der Waals surface area (Å²) in [5.74, 6) is 0.541. The average molecular weight is 259 g/mol. The molecule has 1 amide bonds. The van der Waals surface area contributed by atoms with E-state index in [1.807, 2.05) is 31.1 Å². The maximum absolute atomic E-state index is 12.0. The third-order valence-electron chi connectivity index (χ3n) is 2.77. The van der Waals surface area contributed by atoms with Crippen LogP contribution in [-0.4, -0.2) is 20.0 Å². The average Bonchev–Trinajstić information content (AvgIpc) is 2.88. The zero-order valence-corrected chi connectivity index (χ0v) is 11.0.